The first-order chi connectivity index (χ1) is 19.7. The van der Waals surface area contributed by atoms with E-state index in [1.807, 2.05) is 24.3 Å². The molecule has 2 atom stereocenters. The zero-order chi connectivity index (χ0) is 30.5. The van der Waals surface area contributed by atoms with Crippen LogP contribution in [0.3, 0.4) is 0 Å². The van der Waals surface area contributed by atoms with Crippen LogP contribution in [-0.2, 0) is 22.4 Å². The second-order valence-electron chi connectivity index (χ2n) is 9.27. The fourth-order valence-electron chi connectivity index (χ4n) is 4.15. The summed E-state index contributed by atoms with van der Waals surface area (Å²) in [7, 11) is 0. The number of rotatable bonds is 9. The maximum atomic E-state index is 11.6. The van der Waals surface area contributed by atoms with E-state index in [0.29, 0.717) is 19.4 Å². The van der Waals surface area contributed by atoms with Crippen LogP contribution in [0.2, 0.25) is 0 Å². The first-order valence-corrected chi connectivity index (χ1v) is 13.2. The number of carbonyl (C=O) groups is 2. The van der Waals surface area contributed by atoms with Gasteiger partial charge in [0.15, 0.2) is 0 Å². The molecule has 1 aromatic heterocycles. The summed E-state index contributed by atoms with van der Waals surface area (Å²) < 4.78 is 38.5. The molecule has 9 nitrogen and oxygen atoms in total. The molecule has 0 aliphatic carbocycles. The number of halogens is 3. The quantitative estimate of drug-likeness (QED) is 0.264. The van der Waals surface area contributed by atoms with Gasteiger partial charge in [-0.15, -0.1) is 12.8 Å². The summed E-state index contributed by atoms with van der Waals surface area (Å²) in [4.78, 5) is 27.0. The minimum absolute atomic E-state index is 0.00743. The number of nitrogens with zero attached hydrogens (tertiary/aromatic N) is 2. The third-order valence-corrected chi connectivity index (χ3v) is 6.08. The standard InChI is InChI=1S/C15H24N4O2.C9H10O.C3H4F3NO.C2H2/c16-15(21)13(9-12-1-3-17-4-2-12)10-14(20)11-19-7-5-18-6-8-19;1-2-6-9-8(4-1)5-3-7-10-9;4-3(5,6)1-7-2-8;1-2/h1-4,13-14,18,20H,5-11H2,(H2,16,21);1-2,4,6H,3,5,7H2;2H,1H2,(H,7,8);1-2H. The molecule has 0 bridgehead atoms. The molecular weight excluding hydrogens is 539 g/mol. The number of nitrogens with one attached hydrogen (secondary N) is 2. The number of primary amides is 1. The van der Waals surface area contributed by atoms with Crippen molar-refractivity contribution in [2.24, 2.45) is 11.7 Å². The monoisotopic (exact) mass is 579 g/mol. The molecule has 2 unspecified atom stereocenters. The van der Waals surface area contributed by atoms with Gasteiger partial charge in [0, 0.05) is 51.0 Å². The lowest BCUT2D eigenvalue weighted by molar-refractivity contribution is -0.132. The van der Waals surface area contributed by atoms with E-state index in [2.05, 4.69) is 40.2 Å². The fourth-order valence-corrected chi connectivity index (χ4v) is 4.15. The lowest BCUT2D eigenvalue weighted by Gasteiger charge is -2.30. The number of alkyl halides is 3. The fraction of sp³-hybridized carbons (Fsp3) is 0.483. The summed E-state index contributed by atoms with van der Waals surface area (Å²) in [6.07, 6.45) is 9.89. The van der Waals surface area contributed by atoms with Crippen molar-refractivity contribution in [2.45, 2.75) is 38.0 Å². The van der Waals surface area contributed by atoms with Crippen molar-refractivity contribution in [3.05, 3.63) is 59.9 Å². The lowest BCUT2D eigenvalue weighted by Crippen LogP contribution is -2.46. The van der Waals surface area contributed by atoms with Crippen LogP contribution in [0.5, 0.6) is 5.75 Å². The Kier molecular flexibility index (Phi) is 17.5. The van der Waals surface area contributed by atoms with Crippen LogP contribution in [-0.4, -0.2) is 85.5 Å². The van der Waals surface area contributed by atoms with Crippen molar-refractivity contribution in [3.63, 3.8) is 0 Å². The number of aromatic nitrogens is 1. The molecule has 226 valence electrons. The number of pyridine rings is 1. The summed E-state index contributed by atoms with van der Waals surface area (Å²) in [5.74, 6) is 0.380. The molecule has 1 aromatic carbocycles. The second kappa shape index (κ2) is 20.3. The van der Waals surface area contributed by atoms with Gasteiger partial charge in [-0.1, -0.05) is 18.2 Å². The number of terminal acetylenes is 1. The average Bonchev–Trinajstić information content (AvgIpc) is 2.98. The zero-order valence-electron chi connectivity index (χ0n) is 23.1. The van der Waals surface area contributed by atoms with Crippen LogP contribution < -0.4 is 21.1 Å². The molecule has 0 radical (unpaired) electrons. The Hall–Kier alpha value is -3.66. The molecule has 5 N–H and O–H groups in total. The Morgan fingerprint density at radius 2 is 1.85 bits per heavy atom. The second-order valence-corrected chi connectivity index (χ2v) is 9.27. The summed E-state index contributed by atoms with van der Waals surface area (Å²) in [5, 5.41) is 15.0. The largest absolute Gasteiger partial charge is 0.493 e. The molecule has 0 saturated carbocycles. The normalized spacial score (nSPS) is 15.8. The van der Waals surface area contributed by atoms with Crippen molar-refractivity contribution in [2.75, 3.05) is 45.9 Å². The summed E-state index contributed by atoms with van der Waals surface area (Å²) in [6, 6.07) is 12.0. The number of nitrogens with two attached hydrogens (primary N) is 1. The highest BCUT2D eigenvalue weighted by molar-refractivity contribution is 5.77. The number of ether oxygens (including phenoxy) is 1. The molecule has 2 amide bonds. The Morgan fingerprint density at radius 3 is 2.41 bits per heavy atom. The van der Waals surface area contributed by atoms with Crippen LogP contribution in [0.1, 0.15) is 24.0 Å². The predicted octanol–water partition coefficient (Wildman–Crippen LogP) is 1.94. The number of fused-ring (bicyclic) bond motifs is 1. The maximum absolute atomic E-state index is 11.6. The molecule has 1 fully saturated rings. The maximum Gasteiger partial charge on any atom is 0.405 e. The number of hydrogen-bond donors (Lipinski definition) is 4. The van der Waals surface area contributed by atoms with Gasteiger partial charge >= 0.3 is 6.18 Å². The van der Waals surface area contributed by atoms with E-state index in [1.165, 1.54) is 17.3 Å². The summed E-state index contributed by atoms with van der Waals surface area (Å²) in [5.41, 5.74) is 7.85. The van der Waals surface area contributed by atoms with Gasteiger partial charge in [0.1, 0.15) is 12.3 Å². The van der Waals surface area contributed by atoms with E-state index in [-0.39, 0.29) is 18.2 Å². The van der Waals surface area contributed by atoms with Crippen molar-refractivity contribution >= 4 is 12.3 Å². The Labute approximate surface area is 239 Å². The molecule has 41 heavy (non-hydrogen) atoms. The number of piperazine rings is 1. The number of para-hydroxylation sites is 1. The topological polar surface area (TPSA) is 130 Å². The number of aliphatic hydroxyl groups is 1. The minimum atomic E-state index is -4.29. The highest BCUT2D eigenvalue weighted by Gasteiger charge is 2.26. The first-order valence-electron chi connectivity index (χ1n) is 13.2. The molecule has 4 rings (SSSR count). The number of aryl methyl sites for hydroxylation is 1. The van der Waals surface area contributed by atoms with E-state index in [4.69, 9.17) is 10.5 Å². The smallest absolute Gasteiger partial charge is 0.405 e. The molecule has 2 aliphatic rings. The van der Waals surface area contributed by atoms with Crippen LogP contribution in [0.25, 0.3) is 0 Å². The van der Waals surface area contributed by atoms with Crippen LogP contribution in [0.15, 0.2) is 48.8 Å². The van der Waals surface area contributed by atoms with Gasteiger partial charge in [0.2, 0.25) is 12.3 Å². The van der Waals surface area contributed by atoms with Gasteiger partial charge in [0.25, 0.3) is 0 Å². The van der Waals surface area contributed by atoms with Crippen LogP contribution in [0, 0.1) is 18.8 Å². The van der Waals surface area contributed by atoms with Gasteiger partial charge in [-0.2, -0.15) is 13.2 Å². The highest BCUT2D eigenvalue weighted by Crippen LogP contribution is 2.23. The van der Waals surface area contributed by atoms with Gasteiger partial charge < -0.3 is 26.2 Å². The summed E-state index contributed by atoms with van der Waals surface area (Å²) >= 11 is 0. The molecule has 1 saturated heterocycles. The Balaban J connectivity index is 0.000000347. The molecule has 12 heteroatoms. The van der Waals surface area contributed by atoms with Gasteiger partial charge in [0.05, 0.1) is 12.7 Å². The zero-order valence-corrected chi connectivity index (χ0v) is 23.1. The van der Waals surface area contributed by atoms with Crippen molar-refractivity contribution < 1.29 is 32.6 Å². The number of aliphatic hydroxyl groups excluding tert-OH is 1. The molecular formula is C29H40F3N5O4. The SMILES string of the molecule is C#C.NC(=O)C(Cc1ccncc1)CC(O)CN1CCNCC1.O=CNCC(F)(F)F.c1ccc2c(c1)CCCO2. The van der Waals surface area contributed by atoms with E-state index >= 15 is 0 Å². The van der Waals surface area contributed by atoms with Gasteiger partial charge in [-0.3, -0.25) is 19.5 Å². The molecule has 2 aliphatic heterocycles. The van der Waals surface area contributed by atoms with Crippen molar-refractivity contribution in [1.29, 1.82) is 0 Å². The molecule has 3 heterocycles. The third kappa shape index (κ3) is 16.3. The van der Waals surface area contributed by atoms with Crippen molar-refractivity contribution in [3.8, 4) is 18.6 Å². The number of benzene rings is 1. The number of β-amino-alcohol motifs (C(OH)–C–C–N with tert-alkyl or cyclic N) is 1. The van der Waals surface area contributed by atoms with Gasteiger partial charge in [-0.05, 0) is 55.0 Å². The average molecular weight is 580 g/mol. The Morgan fingerprint density at radius 1 is 1.20 bits per heavy atom. The predicted molar refractivity (Wildman–Crippen MR) is 151 cm³/mol. The summed E-state index contributed by atoms with van der Waals surface area (Å²) in [6.45, 7) is 3.99. The van der Waals surface area contributed by atoms with Crippen LogP contribution in [0.4, 0.5) is 13.2 Å². The van der Waals surface area contributed by atoms with E-state index in [9.17, 15) is 27.9 Å². The number of carbonyl (C=O) groups excluding carboxylic acids is 2. The van der Waals surface area contributed by atoms with E-state index < -0.39 is 18.8 Å². The lowest BCUT2D eigenvalue weighted by atomic mass is 9.93. The molecule has 2 aromatic rings. The number of amides is 2. The number of hydrogen-bond acceptors (Lipinski definition) is 7. The third-order valence-electron chi connectivity index (χ3n) is 6.08. The van der Waals surface area contributed by atoms with E-state index in [0.717, 1.165) is 50.5 Å². The van der Waals surface area contributed by atoms with Crippen molar-refractivity contribution in [1.82, 2.24) is 20.5 Å². The molecule has 0 spiro atoms. The van der Waals surface area contributed by atoms with E-state index in [1.54, 1.807) is 12.4 Å². The van der Waals surface area contributed by atoms with Crippen LogP contribution >= 0.6 is 0 Å². The van der Waals surface area contributed by atoms with Gasteiger partial charge in [-0.25, -0.2) is 0 Å². The first kappa shape index (κ1) is 35.4. The highest BCUT2D eigenvalue weighted by atomic mass is 19.4. The minimum Gasteiger partial charge on any atom is -0.493 e. The Bertz CT molecular complexity index is 993.